The number of hydrogen-bond acceptors (Lipinski definition) is 2. The molecule has 1 heterocycles. The fourth-order valence-corrected chi connectivity index (χ4v) is 1.85. The van der Waals surface area contributed by atoms with E-state index < -0.39 is 0 Å². The number of hydrogen-bond donors (Lipinski definition) is 1. The SMILES string of the molecule is CC1(CNc2ccc(Cl)cn2)CCC1. The summed E-state index contributed by atoms with van der Waals surface area (Å²) in [5.74, 6) is 0.919. The second kappa shape index (κ2) is 3.77. The third-order valence-corrected chi connectivity index (χ3v) is 3.21. The third kappa shape index (κ3) is 2.18. The fraction of sp³-hybridized carbons (Fsp3) is 0.545. The van der Waals surface area contributed by atoms with Crippen LogP contribution in [-0.4, -0.2) is 11.5 Å². The standard InChI is InChI=1S/C11H15ClN2/c1-11(5-2-6-11)8-14-10-4-3-9(12)7-13-10/h3-4,7H,2,5-6,8H2,1H3,(H,13,14). The van der Waals surface area contributed by atoms with Crippen molar-refractivity contribution in [3.05, 3.63) is 23.4 Å². The van der Waals surface area contributed by atoms with E-state index in [1.807, 2.05) is 12.1 Å². The van der Waals surface area contributed by atoms with Gasteiger partial charge in [-0.2, -0.15) is 0 Å². The molecule has 0 atom stereocenters. The van der Waals surface area contributed by atoms with Gasteiger partial charge in [-0.25, -0.2) is 4.98 Å². The predicted molar refractivity (Wildman–Crippen MR) is 59.7 cm³/mol. The van der Waals surface area contributed by atoms with Gasteiger partial charge >= 0.3 is 0 Å². The predicted octanol–water partition coefficient (Wildman–Crippen LogP) is 3.34. The average molecular weight is 211 g/mol. The van der Waals surface area contributed by atoms with Crippen molar-refractivity contribution in [2.75, 3.05) is 11.9 Å². The van der Waals surface area contributed by atoms with Crippen molar-refractivity contribution in [3.8, 4) is 0 Å². The maximum absolute atomic E-state index is 5.75. The first-order valence-corrected chi connectivity index (χ1v) is 5.41. The van der Waals surface area contributed by atoms with Gasteiger partial charge in [-0.15, -0.1) is 0 Å². The van der Waals surface area contributed by atoms with Crippen molar-refractivity contribution in [2.24, 2.45) is 5.41 Å². The zero-order chi connectivity index (χ0) is 10.0. The lowest BCUT2D eigenvalue weighted by molar-refractivity contribution is 0.180. The monoisotopic (exact) mass is 210 g/mol. The van der Waals surface area contributed by atoms with Crippen LogP contribution < -0.4 is 5.32 Å². The number of anilines is 1. The largest absolute Gasteiger partial charge is 0.370 e. The van der Waals surface area contributed by atoms with Crippen molar-refractivity contribution < 1.29 is 0 Å². The van der Waals surface area contributed by atoms with Gasteiger partial charge in [0.2, 0.25) is 0 Å². The molecule has 14 heavy (non-hydrogen) atoms. The minimum absolute atomic E-state index is 0.487. The topological polar surface area (TPSA) is 24.9 Å². The molecule has 1 fully saturated rings. The summed E-state index contributed by atoms with van der Waals surface area (Å²) in [7, 11) is 0. The second-order valence-corrected chi connectivity index (χ2v) is 4.82. The van der Waals surface area contributed by atoms with Crippen LogP contribution >= 0.6 is 11.6 Å². The lowest BCUT2D eigenvalue weighted by Crippen LogP contribution is -2.33. The number of halogens is 1. The third-order valence-electron chi connectivity index (χ3n) is 2.98. The van der Waals surface area contributed by atoms with Gasteiger partial charge in [0, 0.05) is 12.7 Å². The van der Waals surface area contributed by atoms with E-state index in [9.17, 15) is 0 Å². The molecule has 1 aromatic heterocycles. The van der Waals surface area contributed by atoms with E-state index in [-0.39, 0.29) is 0 Å². The normalized spacial score (nSPS) is 18.7. The molecule has 2 rings (SSSR count). The summed E-state index contributed by atoms with van der Waals surface area (Å²) in [5.41, 5.74) is 0.487. The van der Waals surface area contributed by atoms with Crippen LogP contribution in [-0.2, 0) is 0 Å². The molecule has 0 aliphatic heterocycles. The summed E-state index contributed by atoms with van der Waals surface area (Å²) < 4.78 is 0. The van der Waals surface area contributed by atoms with E-state index in [2.05, 4.69) is 17.2 Å². The van der Waals surface area contributed by atoms with Gasteiger partial charge in [-0.1, -0.05) is 24.9 Å². The first kappa shape index (κ1) is 9.78. The molecule has 0 saturated heterocycles. The molecular weight excluding hydrogens is 196 g/mol. The van der Waals surface area contributed by atoms with E-state index in [4.69, 9.17) is 11.6 Å². The molecule has 1 aliphatic carbocycles. The lowest BCUT2D eigenvalue weighted by atomic mass is 9.70. The molecular formula is C11H15ClN2. The molecule has 0 amide bonds. The molecule has 1 aromatic rings. The summed E-state index contributed by atoms with van der Waals surface area (Å²) in [6.45, 7) is 3.33. The van der Waals surface area contributed by atoms with Gasteiger partial charge in [0.25, 0.3) is 0 Å². The van der Waals surface area contributed by atoms with Gasteiger partial charge in [-0.3, -0.25) is 0 Å². The highest BCUT2D eigenvalue weighted by Crippen LogP contribution is 2.40. The van der Waals surface area contributed by atoms with Crippen LogP contribution in [0.3, 0.4) is 0 Å². The fourth-order valence-electron chi connectivity index (χ4n) is 1.74. The van der Waals surface area contributed by atoms with Crippen molar-refractivity contribution in [1.29, 1.82) is 0 Å². The van der Waals surface area contributed by atoms with Crippen molar-refractivity contribution in [3.63, 3.8) is 0 Å². The molecule has 0 bridgehead atoms. The summed E-state index contributed by atoms with van der Waals surface area (Å²) in [4.78, 5) is 4.20. The van der Waals surface area contributed by atoms with Crippen molar-refractivity contribution >= 4 is 17.4 Å². The Kier molecular flexibility index (Phi) is 2.64. The highest BCUT2D eigenvalue weighted by Gasteiger charge is 2.31. The molecule has 3 heteroatoms. The number of rotatable bonds is 3. The molecule has 1 aliphatic rings. The molecule has 2 nitrogen and oxygen atoms in total. The highest BCUT2D eigenvalue weighted by molar-refractivity contribution is 6.30. The number of nitrogens with one attached hydrogen (secondary N) is 1. The zero-order valence-electron chi connectivity index (χ0n) is 8.39. The maximum atomic E-state index is 5.75. The highest BCUT2D eigenvalue weighted by atomic mass is 35.5. The molecule has 0 spiro atoms. The van der Waals surface area contributed by atoms with Crippen molar-refractivity contribution in [1.82, 2.24) is 4.98 Å². The molecule has 0 unspecified atom stereocenters. The Morgan fingerprint density at radius 1 is 1.50 bits per heavy atom. The minimum atomic E-state index is 0.487. The van der Waals surface area contributed by atoms with E-state index >= 15 is 0 Å². The summed E-state index contributed by atoms with van der Waals surface area (Å²) in [6.07, 6.45) is 5.69. The Labute approximate surface area is 89.7 Å². The Morgan fingerprint density at radius 3 is 2.79 bits per heavy atom. The minimum Gasteiger partial charge on any atom is -0.370 e. The van der Waals surface area contributed by atoms with E-state index in [1.165, 1.54) is 19.3 Å². The van der Waals surface area contributed by atoms with Crippen LogP contribution in [0.4, 0.5) is 5.82 Å². The number of pyridine rings is 1. The molecule has 1 saturated carbocycles. The lowest BCUT2D eigenvalue weighted by Gasteiger charge is -2.38. The second-order valence-electron chi connectivity index (χ2n) is 4.38. The van der Waals surface area contributed by atoms with Gasteiger partial charge in [0.15, 0.2) is 0 Å². The van der Waals surface area contributed by atoms with Crippen LogP contribution in [0.25, 0.3) is 0 Å². The van der Waals surface area contributed by atoms with E-state index in [0.29, 0.717) is 10.4 Å². The summed E-state index contributed by atoms with van der Waals surface area (Å²) >= 11 is 5.75. The first-order chi connectivity index (χ1) is 6.68. The quantitative estimate of drug-likeness (QED) is 0.828. The molecule has 76 valence electrons. The Morgan fingerprint density at radius 2 is 2.29 bits per heavy atom. The summed E-state index contributed by atoms with van der Waals surface area (Å²) in [6, 6.07) is 3.78. The molecule has 0 radical (unpaired) electrons. The number of aromatic nitrogens is 1. The Hall–Kier alpha value is -0.760. The maximum Gasteiger partial charge on any atom is 0.126 e. The van der Waals surface area contributed by atoms with Crippen LogP contribution in [0.1, 0.15) is 26.2 Å². The number of nitrogens with zero attached hydrogens (tertiary/aromatic N) is 1. The zero-order valence-corrected chi connectivity index (χ0v) is 9.14. The van der Waals surface area contributed by atoms with Crippen LogP contribution in [0.2, 0.25) is 5.02 Å². The molecule has 1 N–H and O–H groups in total. The van der Waals surface area contributed by atoms with Gasteiger partial charge < -0.3 is 5.32 Å². The Bertz CT molecular complexity index is 304. The van der Waals surface area contributed by atoms with Crippen LogP contribution in [0, 0.1) is 5.41 Å². The van der Waals surface area contributed by atoms with Crippen LogP contribution in [0.15, 0.2) is 18.3 Å². The average Bonchev–Trinajstić information content (AvgIpc) is 2.14. The van der Waals surface area contributed by atoms with Crippen molar-refractivity contribution in [2.45, 2.75) is 26.2 Å². The van der Waals surface area contributed by atoms with E-state index in [1.54, 1.807) is 6.20 Å². The molecule has 0 aromatic carbocycles. The van der Waals surface area contributed by atoms with Gasteiger partial charge in [0.05, 0.1) is 5.02 Å². The van der Waals surface area contributed by atoms with Crippen LogP contribution in [0.5, 0.6) is 0 Å². The van der Waals surface area contributed by atoms with Gasteiger partial charge in [0.1, 0.15) is 5.82 Å². The van der Waals surface area contributed by atoms with Gasteiger partial charge in [-0.05, 0) is 30.4 Å². The summed E-state index contributed by atoms with van der Waals surface area (Å²) in [5, 5.41) is 4.03. The smallest absolute Gasteiger partial charge is 0.126 e. The first-order valence-electron chi connectivity index (χ1n) is 5.03. The van der Waals surface area contributed by atoms with E-state index in [0.717, 1.165) is 12.4 Å². The Balaban J connectivity index is 1.88.